The first-order valence-electron chi connectivity index (χ1n) is 7.78. The zero-order valence-corrected chi connectivity index (χ0v) is 13.2. The average Bonchev–Trinajstić information content (AvgIpc) is 2.56. The predicted molar refractivity (Wildman–Crippen MR) is 88.0 cm³/mol. The number of carbonyl (C=O) groups excluding carboxylic acids is 1. The summed E-state index contributed by atoms with van der Waals surface area (Å²) in [6, 6.07) is 11.8. The molecule has 0 bridgehead atoms. The van der Waals surface area contributed by atoms with Crippen molar-refractivity contribution in [2.75, 3.05) is 19.7 Å². The topological polar surface area (TPSA) is 50.4 Å². The molecule has 0 aliphatic rings. The van der Waals surface area contributed by atoms with Gasteiger partial charge in [0.2, 0.25) is 0 Å². The third-order valence-electron chi connectivity index (χ3n) is 3.28. The van der Waals surface area contributed by atoms with Crippen LogP contribution in [-0.4, -0.2) is 25.7 Å². The van der Waals surface area contributed by atoms with Crippen molar-refractivity contribution in [3.63, 3.8) is 0 Å². The van der Waals surface area contributed by atoms with Crippen LogP contribution in [0.1, 0.15) is 12.0 Å². The standard InChI is InChI=1S/C18H20F2N2O2/c19-15-5-7-17(8-6-15)24-12-2-10-21-18(23)22-11-9-14-3-1-4-16(20)13-14/h1,3-8,13H,2,9-12H2,(H2,21,22,23). The molecule has 0 aliphatic carbocycles. The van der Waals surface area contributed by atoms with Crippen LogP contribution in [-0.2, 0) is 6.42 Å². The van der Waals surface area contributed by atoms with Crippen molar-refractivity contribution in [3.8, 4) is 5.75 Å². The van der Waals surface area contributed by atoms with Crippen molar-refractivity contribution >= 4 is 6.03 Å². The Morgan fingerprint density at radius 2 is 1.71 bits per heavy atom. The predicted octanol–water partition coefficient (Wildman–Crippen LogP) is 3.28. The van der Waals surface area contributed by atoms with Crippen LogP contribution in [0.3, 0.4) is 0 Å². The maximum atomic E-state index is 13.0. The first-order chi connectivity index (χ1) is 11.6. The number of carbonyl (C=O) groups is 1. The van der Waals surface area contributed by atoms with Crippen LogP contribution in [0.25, 0.3) is 0 Å². The van der Waals surface area contributed by atoms with Crippen LogP contribution >= 0.6 is 0 Å². The summed E-state index contributed by atoms with van der Waals surface area (Å²) in [6.45, 7) is 1.32. The molecule has 0 atom stereocenters. The van der Waals surface area contributed by atoms with E-state index in [1.54, 1.807) is 18.2 Å². The number of amides is 2. The second kappa shape index (κ2) is 9.50. The second-order valence-corrected chi connectivity index (χ2v) is 5.22. The Morgan fingerprint density at radius 1 is 0.958 bits per heavy atom. The molecule has 2 rings (SSSR count). The minimum Gasteiger partial charge on any atom is -0.494 e. The lowest BCUT2D eigenvalue weighted by Crippen LogP contribution is -2.37. The number of nitrogens with one attached hydrogen (secondary N) is 2. The average molecular weight is 334 g/mol. The summed E-state index contributed by atoms with van der Waals surface area (Å²) in [4.78, 5) is 11.6. The number of rotatable bonds is 8. The van der Waals surface area contributed by atoms with E-state index in [1.807, 2.05) is 6.07 Å². The molecule has 0 heterocycles. The summed E-state index contributed by atoms with van der Waals surface area (Å²) in [6.07, 6.45) is 1.20. The fourth-order valence-electron chi connectivity index (χ4n) is 2.07. The molecule has 0 aromatic heterocycles. The lowest BCUT2D eigenvalue weighted by molar-refractivity contribution is 0.239. The SMILES string of the molecule is O=C(NCCCOc1ccc(F)cc1)NCCc1cccc(F)c1. The molecule has 0 radical (unpaired) electrons. The van der Waals surface area contributed by atoms with Gasteiger partial charge in [-0.3, -0.25) is 0 Å². The van der Waals surface area contributed by atoms with Gasteiger partial charge in [0.15, 0.2) is 0 Å². The van der Waals surface area contributed by atoms with Gasteiger partial charge in [-0.15, -0.1) is 0 Å². The zero-order valence-electron chi connectivity index (χ0n) is 13.2. The van der Waals surface area contributed by atoms with Crippen LogP contribution in [0.4, 0.5) is 13.6 Å². The van der Waals surface area contributed by atoms with Gasteiger partial charge in [0.05, 0.1) is 6.61 Å². The summed E-state index contributed by atoms with van der Waals surface area (Å²) >= 11 is 0. The monoisotopic (exact) mass is 334 g/mol. The zero-order chi connectivity index (χ0) is 17.2. The largest absolute Gasteiger partial charge is 0.494 e. The Hall–Kier alpha value is -2.63. The highest BCUT2D eigenvalue weighted by atomic mass is 19.1. The third-order valence-corrected chi connectivity index (χ3v) is 3.28. The van der Waals surface area contributed by atoms with E-state index in [4.69, 9.17) is 4.74 Å². The maximum Gasteiger partial charge on any atom is 0.314 e. The normalized spacial score (nSPS) is 10.2. The quantitative estimate of drug-likeness (QED) is 0.728. The Bertz CT molecular complexity index is 648. The highest BCUT2D eigenvalue weighted by molar-refractivity contribution is 5.73. The van der Waals surface area contributed by atoms with Gasteiger partial charge in [-0.2, -0.15) is 0 Å². The van der Waals surface area contributed by atoms with E-state index in [2.05, 4.69) is 10.6 Å². The van der Waals surface area contributed by atoms with Crippen LogP contribution in [0.15, 0.2) is 48.5 Å². The maximum absolute atomic E-state index is 13.0. The Labute approximate surface area is 139 Å². The lowest BCUT2D eigenvalue weighted by atomic mass is 10.1. The lowest BCUT2D eigenvalue weighted by Gasteiger charge is -2.09. The van der Waals surface area contributed by atoms with E-state index >= 15 is 0 Å². The first-order valence-corrected chi connectivity index (χ1v) is 7.78. The van der Waals surface area contributed by atoms with Crippen LogP contribution in [0.2, 0.25) is 0 Å². The van der Waals surface area contributed by atoms with Crippen molar-refractivity contribution in [3.05, 3.63) is 65.7 Å². The van der Waals surface area contributed by atoms with Crippen molar-refractivity contribution < 1.29 is 18.3 Å². The number of benzene rings is 2. The summed E-state index contributed by atoms with van der Waals surface area (Å²) < 4.78 is 31.1. The Morgan fingerprint density at radius 3 is 2.46 bits per heavy atom. The van der Waals surface area contributed by atoms with Crippen molar-refractivity contribution in [1.82, 2.24) is 10.6 Å². The number of ether oxygens (including phenoxy) is 1. The third kappa shape index (κ3) is 6.64. The fourth-order valence-corrected chi connectivity index (χ4v) is 2.07. The molecule has 0 fully saturated rings. The van der Waals surface area contributed by atoms with Gasteiger partial charge in [-0.05, 0) is 54.8 Å². The smallest absolute Gasteiger partial charge is 0.314 e. The molecule has 2 aromatic carbocycles. The van der Waals surface area contributed by atoms with Crippen LogP contribution in [0.5, 0.6) is 5.75 Å². The van der Waals surface area contributed by atoms with Gasteiger partial charge < -0.3 is 15.4 Å². The van der Waals surface area contributed by atoms with Gasteiger partial charge in [0.25, 0.3) is 0 Å². The first kappa shape index (κ1) is 17.7. The minimum atomic E-state index is -0.307. The summed E-state index contributed by atoms with van der Waals surface area (Å²) in [7, 11) is 0. The number of hydrogen-bond acceptors (Lipinski definition) is 2. The molecule has 2 aromatic rings. The summed E-state index contributed by atoms with van der Waals surface area (Å²) in [5.41, 5.74) is 0.836. The number of hydrogen-bond donors (Lipinski definition) is 2. The molecule has 0 saturated heterocycles. The molecule has 2 amide bonds. The number of halogens is 2. The molecule has 24 heavy (non-hydrogen) atoms. The van der Waals surface area contributed by atoms with E-state index in [1.165, 1.54) is 24.3 Å². The minimum absolute atomic E-state index is 0.270. The van der Waals surface area contributed by atoms with E-state index in [9.17, 15) is 13.6 Å². The molecular formula is C18H20F2N2O2. The molecule has 6 heteroatoms. The van der Waals surface area contributed by atoms with E-state index in [-0.39, 0.29) is 17.7 Å². The summed E-state index contributed by atoms with van der Waals surface area (Å²) in [5.74, 6) is 0.00739. The molecule has 128 valence electrons. The van der Waals surface area contributed by atoms with Crippen LogP contribution in [0, 0.1) is 11.6 Å². The van der Waals surface area contributed by atoms with Crippen LogP contribution < -0.4 is 15.4 Å². The highest BCUT2D eigenvalue weighted by Crippen LogP contribution is 2.10. The molecule has 0 saturated carbocycles. The molecule has 0 spiro atoms. The second-order valence-electron chi connectivity index (χ2n) is 5.22. The fraction of sp³-hybridized carbons (Fsp3) is 0.278. The van der Waals surface area contributed by atoms with Gasteiger partial charge in [-0.1, -0.05) is 12.1 Å². The molecule has 4 nitrogen and oxygen atoms in total. The molecule has 0 aliphatic heterocycles. The van der Waals surface area contributed by atoms with Gasteiger partial charge in [-0.25, -0.2) is 13.6 Å². The van der Waals surface area contributed by atoms with E-state index in [0.29, 0.717) is 38.3 Å². The highest BCUT2D eigenvalue weighted by Gasteiger charge is 2.01. The summed E-state index contributed by atoms with van der Waals surface area (Å²) in [5, 5.41) is 5.42. The molecular weight excluding hydrogens is 314 g/mol. The van der Waals surface area contributed by atoms with Crippen molar-refractivity contribution in [1.29, 1.82) is 0 Å². The Balaban J connectivity index is 1.52. The van der Waals surface area contributed by atoms with E-state index in [0.717, 1.165) is 5.56 Å². The molecule has 0 unspecified atom stereocenters. The van der Waals surface area contributed by atoms with Crippen molar-refractivity contribution in [2.24, 2.45) is 0 Å². The van der Waals surface area contributed by atoms with Gasteiger partial charge in [0, 0.05) is 13.1 Å². The van der Waals surface area contributed by atoms with E-state index < -0.39 is 0 Å². The Kier molecular flexibility index (Phi) is 7.01. The number of urea groups is 1. The van der Waals surface area contributed by atoms with Gasteiger partial charge >= 0.3 is 6.03 Å². The van der Waals surface area contributed by atoms with Gasteiger partial charge in [0.1, 0.15) is 17.4 Å². The molecule has 2 N–H and O–H groups in total. The van der Waals surface area contributed by atoms with Crippen molar-refractivity contribution in [2.45, 2.75) is 12.8 Å².